The van der Waals surface area contributed by atoms with E-state index in [-0.39, 0.29) is 47.7 Å². The molecule has 0 radical (unpaired) electrons. The van der Waals surface area contributed by atoms with Gasteiger partial charge >= 0.3 is 6.03 Å². The van der Waals surface area contributed by atoms with Crippen LogP contribution in [-0.2, 0) is 4.79 Å². The van der Waals surface area contributed by atoms with Crippen molar-refractivity contribution in [2.24, 2.45) is 0 Å². The zero-order chi connectivity index (χ0) is 19.6. The average molecular weight is 415 g/mol. The smallest absolute Gasteiger partial charge is 0.321 e. The standard InChI is InChI=1S/C17H14Cl2F2N4O2/c18-11-8-22-9-12(19)16(11)25-6-5-24(4-3-15(25)26)17(27)23-10-1-2-13(20)14(21)7-10/h1-2,7-9H,3-6H2,(H,23,27). The van der Waals surface area contributed by atoms with E-state index in [2.05, 4.69) is 10.3 Å². The number of anilines is 2. The SMILES string of the molecule is O=C(Nc1ccc(F)c(F)c1)N1CCC(=O)N(c2c(Cl)cncc2Cl)CC1. The van der Waals surface area contributed by atoms with Gasteiger partial charge in [0.15, 0.2) is 11.6 Å². The minimum Gasteiger partial charge on any atom is -0.322 e. The molecule has 1 aliphatic heterocycles. The molecule has 0 unspecified atom stereocenters. The molecule has 0 spiro atoms. The molecule has 1 aromatic carbocycles. The number of amides is 3. The maximum atomic E-state index is 13.3. The molecule has 10 heteroatoms. The summed E-state index contributed by atoms with van der Waals surface area (Å²) >= 11 is 12.2. The van der Waals surface area contributed by atoms with Crippen LogP contribution < -0.4 is 10.2 Å². The van der Waals surface area contributed by atoms with Crippen LogP contribution in [0.5, 0.6) is 0 Å². The van der Waals surface area contributed by atoms with Crippen molar-refractivity contribution in [2.45, 2.75) is 6.42 Å². The lowest BCUT2D eigenvalue weighted by atomic mass is 10.3. The molecule has 1 aliphatic rings. The lowest BCUT2D eigenvalue weighted by molar-refractivity contribution is -0.118. The lowest BCUT2D eigenvalue weighted by Crippen LogP contribution is -2.38. The molecule has 2 aromatic rings. The Labute approximate surface area is 163 Å². The first kappa shape index (κ1) is 19.3. The van der Waals surface area contributed by atoms with E-state index in [9.17, 15) is 18.4 Å². The normalized spacial score (nSPS) is 14.9. The number of hydrogen-bond acceptors (Lipinski definition) is 3. The van der Waals surface area contributed by atoms with E-state index in [1.54, 1.807) is 0 Å². The topological polar surface area (TPSA) is 65.5 Å². The predicted molar refractivity (Wildman–Crippen MR) is 98.2 cm³/mol. The van der Waals surface area contributed by atoms with Gasteiger partial charge in [-0.1, -0.05) is 23.2 Å². The Morgan fingerprint density at radius 2 is 1.78 bits per heavy atom. The molecular formula is C17H14Cl2F2N4O2. The fraction of sp³-hybridized carbons (Fsp3) is 0.235. The van der Waals surface area contributed by atoms with Crippen molar-refractivity contribution >= 4 is 46.5 Å². The third kappa shape index (κ3) is 4.28. The maximum Gasteiger partial charge on any atom is 0.321 e. The molecule has 0 bridgehead atoms. The highest BCUT2D eigenvalue weighted by molar-refractivity contribution is 6.39. The Hall–Kier alpha value is -2.45. The molecule has 0 aliphatic carbocycles. The van der Waals surface area contributed by atoms with E-state index >= 15 is 0 Å². The van der Waals surface area contributed by atoms with Gasteiger partial charge in [-0.2, -0.15) is 0 Å². The largest absolute Gasteiger partial charge is 0.322 e. The van der Waals surface area contributed by atoms with E-state index in [1.807, 2.05) is 0 Å². The summed E-state index contributed by atoms with van der Waals surface area (Å²) in [6, 6.07) is 2.54. The Morgan fingerprint density at radius 1 is 1.07 bits per heavy atom. The minimum absolute atomic E-state index is 0.0557. The summed E-state index contributed by atoms with van der Waals surface area (Å²) in [5.74, 6) is -2.31. The summed E-state index contributed by atoms with van der Waals surface area (Å²) in [6.07, 6.45) is 2.82. The summed E-state index contributed by atoms with van der Waals surface area (Å²) in [5, 5.41) is 2.95. The minimum atomic E-state index is -1.06. The van der Waals surface area contributed by atoms with Crippen LogP contribution in [0.2, 0.25) is 10.0 Å². The van der Waals surface area contributed by atoms with Crippen molar-refractivity contribution in [1.29, 1.82) is 0 Å². The van der Waals surface area contributed by atoms with E-state index in [0.29, 0.717) is 5.69 Å². The van der Waals surface area contributed by atoms with Gasteiger partial charge in [-0.15, -0.1) is 0 Å². The Balaban J connectivity index is 1.72. The second kappa shape index (κ2) is 8.06. The molecule has 142 valence electrons. The number of halogens is 4. The Morgan fingerprint density at radius 3 is 2.44 bits per heavy atom. The molecule has 27 heavy (non-hydrogen) atoms. The van der Waals surface area contributed by atoms with Crippen molar-refractivity contribution in [2.75, 3.05) is 29.9 Å². The molecule has 1 fully saturated rings. The first-order valence-electron chi connectivity index (χ1n) is 7.97. The summed E-state index contributed by atoms with van der Waals surface area (Å²) in [7, 11) is 0. The van der Waals surface area contributed by atoms with Gasteiger partial charge in [0.2, 0.25) is 5.91 Å². The van der Waals surface area contributed by atoms with Crippen LogP contribution in [-0.4, -0.2) is 41.5 Å². The van der Waals surface area contributed by atoms with Crippen molar-refractivity contribution in [1.82, 2.24) is 9.88 Å². The predicted octanol–water partition coefficient (Wildman–Crippen LogP) is 3.94. The molecule has 3 rings (SSSR count). The van der Waals surface area contributed by atoms with Crippen molar-refractivity contribution < 1.29 is 18.4 Å². The molecule has 1 aromatic heterocycles. The number of carbonyl (C=O) groups is 2. The van der Waals surface area contributed by atoms with Gasteiger partial charge in [-0.3, -0.25) is 9.78 Å². The highest BCUT2D eigenvalue weighted by Gasteiger charge is 2.27. The number of nitrogens with zero attached hydrogens (tertiary/aromatic N) is 3. The van der Waals surface area contributed by atoms with Gasteiger partial charge in [0.25, 0.3) is 0 Å². The molecule has 0 saturated carbocycles. The molecule has 2 heterocycles. The third-order valence-corrected chi connectivity index (χ3v) is 4.60. The van der Waals surface area contributed by atoms with Gasteiger partial charge in [-0.05, 0) is 12.1 Å². The van der Waals surface area contributed by atoms with Crippen molar-refractivity contribution in [3.05, 3.63) is 52.3 Å². The number of benzene rings is 1. The van der Waals surface area contributed by atoms with Crippen molar-refractivity contribution in [3.63, 3.8) is 0 Å². The molecular weight excluding hydrogens is 401 g/mol. The van der Waals surface area contributed by atoms with E-state index in [1.165, 1.54) is 28.3 Å². The second-order valence-corrected chi connectivity index (χ2v) is 6.61. The van der Waals surface area contributed by atoms with Crippen LogP contribution >= 0.6 is 23.2 Å². The highest BCUT2D eigenvalue weighted by Crippen LogP contribution is 2.33. The van der Waals surface area contributed by atoms with Crippen molar-refractivity contribution in [3.8, 4) is 0 Å². The summed E-state index contributed by atoms with van der Waals surface area (Å²) in [5.41, 5.74) is 0.466. The zero-order valence-corrected chi connectivity index (χ0v) is 15.4. The number of carbonyl (C=O) groups excluding carboxylic acids is 2. The van der Waals surface area contributed by atoms with Crippen LogP contribution in [0.25, 0.3) is 0 Å². The van der Waals surface area contributed by atoms with Gasteiger partial charge in [0.1, 0.15) is 0 Å². The fourth-order valence-electron chi connectivity index (χ4n) is 2.70. The van der Waals surface area contributed by atoms with Gasteiger partial charge in [-0.25, -0.2) is 13.6 Å². The van der Waals surface area contributed by atoms with Gasteiger partial charge in [0, 0.05) is 50.2 Å². The molecule has 6 nitrogen and oxygen atoms in total. The number of hydrogen-bond donors (Lipinski definition) is 1. The number of pyridine rings is 1. The second-order valence-electron chi connectivity index (χ2n) is 5.79. The zero-order valence-electron chi connectivity index (χ0n) is 13.9. The van der Waals surface area contributed by atoms with Crippen LogP contribution in [0, 0.1) is 11.6 Å². The number of nitrogens with one attached hydrogen (secondary N) is 1. The Bertz CT molecular complexity index is 877. The Kier molecular flexibility index (Phi) is 5.76. The van der Waals surface area contributed by atoms with Gasteiger partial charge in [0.05, 0.1) is 15.7 Å². The average Bonchev–Trinajstić information content (AvgIpc) is 2.80. The highest BCUT2D eigenvalue weighted by atomic mass is 35.5. The molecule has 1 saturated heterocycles. The molecule has 0 atom stereocenters. The summed E-state index contributed by atoms with van der Waals surface area (Å²) in [4.78, 5) is 31.5. The number of urea groups is 1. The number of aromatic nitrogens is 1. The van der Waals surface area contributed by atoms with E-state index < -0.39 is 17.7 Å². The maximum absolute atomic E-state index is 13.3. The third-order valence-electron chi connectivity index (χ3n) is 4.05. The van der Waals surface area contributed by atoms with Crippen LogP contribution in [0.1, 0.15) is 6.42 Å². The molecule has 3 amide bonds. The monoisotopic (exact) mass is 414 g/mol. The molecule has 1 N–H and O–H groups in total. The number of rotatable bonds is 2. The lowest BCUT2D eigenvalue weighted by Gasteiger charge is -2.24. The summed E-state index contributed by atoms with van der Waals surface area (Å²) in [6.45, 7) is 0.537. The van der Waals surface area contributed by atoms with E-state index in [4.69, 9.17) is 23.2 Å². The van der Waals surface area contributed by atoms with Crippen LogP contribution in [0.3, 0.4) is 0 Å². The summed E-state index contributed by atoms with van der Waals surface area (Å²) < 4.78 is 26.3. The quantitative estimate of drug-likeness (QED) is 0.809. The first-order valence-corrected chi connectivity index (χ1v) is 8.72. The van der Waals surface area contributed by atoms with E-state index in [0.717, 1.165) is 12.1 Å². The van der Waals surface area contributed by atoms with Crippen LogP contribution in [0.4, 0.5) is 25.0 Å². The van der Waals surface area contributed by atoms with Crippen LogP contribution in [0.15, 0.2) is 30.6 Å². The van der Waals surface area contributed by atoms with Gasteiger partial charge < -0.3 is 15.1 Å². The fourth-order valence-corrected chi connectivity index (χ4v) is 3.27. The first-order chi connectivity index (χ1) is 12.9.